The standard InChI is InChI=1S/C12H12BrClFN3/c1-12(2,3)10-16-17-11(14)18(10)9-6-7(15)4-5-8(9)13/h4-6H,1-3H3. The maximum atomic E-state index is 13.4. The van der Waals surface area contributed by atoms with Crippen LogP contribution in [0.1, 0.15) is 26.6 Å². The monoisotopic (exact) mass is 331 g/mol. The van der Waals surface area contributed by atoms with Gasteiger partial charge in [-0.1, -0.05) is 20.8 Å². The lowest BCUT2D eigenvalue weighted by molar-refractivity contribution is 0.532. The Morgan fingerprint density at radius 3 is 2.56 bits per heavy atom. The molecule has 0 bridgehead atoms. The molecule has 2 aromatic rings. The van der Waals surface area contributed by atoms with Gasteiger partial charge in [-0.25, -0.2) is 4.39 Å². The van der Waals surface area contributed by atoms with Crippen LogP contribution in [-0.2, 0) is 5.41 Å². The lowest BCUT2D eigenvalue weighted by Gasteiger charge is -2.19. The van der Waals surface area contributed by atoms with Crippen molar-refractivity contribution in [3.63, 3.8) is 0 Å². The van der Waals surface area contributed by atoms with Crippen LogP contribution in [0.25, 0.3) is 5.69 Å². The number of benzene rings is 1. The Balaban J connectivity index is 2.71. The minimum atomic E-state index is -0.335. The molecule has 0 aliphatic carbocycles. The Bertz CT molecular complexity index is 589. The average molecular weight is 333 g/mol. The molecule has 0 spiro atoms. The largest absolute Gasteiger partial charge is 0.268 e. The van der Waals surface area contributed by atoms with E-state index in [2.05, 4.69) is 26.1 Å². The summed E-state index contributed by atoms with van der Waals surface area (Å²) in [7, 11) is 0. The Labute approximate surface area is 118 Å². The first-order valence-electron chi connectivity index (χ1n) is 5.37. The number of hydrogen-bond donors (Lipinski definition) is 0. The maximum Gasteiger partial charge on any atom is 0.229 e. The highest BCUT2D eigenvalue weighted by Crippen LogP contribution is 2.30. The van der Waals surface area contributed by atoms with E-state index in [4.69, 9.17) is 11.6 Å². The van der Waals surface area contributed by atoms with E-state index in [0.29, 0.717) is 11.5 Å². The summed E-state index contributed by atoms with van der Waals surface area (Å²) in [5, 5.41) is 8.15. The molecule has 0 aliphatic heterocycles. The summed E-state index contributed by atoms with van der Waals surface area (Å²) < 4.78 is 15.8. The van der Waals surface area contributed by atoms with E-state index >= 15 is 0 Å². The van der Waals surface area contributed by atoms with Crippen molar-refractivity contribution in [2.75, 3.05) is 0 Å². The molecule has 0 radical (unpaired) electrons. The fraction of sp³-hybridized carbons (Fsp3) is 0.333. The van der Waals surface area contributed by atoms with Gasteiger partial charge in [-0.15, -0.1) is 10.2 Å². The molecule has 0 saturated carbocycles. The van der Waals surface area contributed by atoms with Crippen molar-refractivity contribution in [3.8, 4) is 5.69 Å². The van der Waals surface area contributed by atoms with E-state index in [0.717, 1.165) is 4.47 Å². The summed E-state index contributed by atoms with van der Waals surface area (Å²) in [5.74, 6) is 0.344. The van der Waals surface area contributed by atoms with E-state index < -0.39 is 0 Å². The van der Waals surface area contributed by atoms with Gasteiger partial charge in [-0.2, -0.15) is 0 Å². The van der Waals surface area contributed by atoms with Gasteiger partial charge < -0.3 is 0 Å². The minimum absolute atomic E-state index is 0.214. The summed E-state index contributed by atoms with van der Waals surface area (Å²) in [6, 6.07) is 4.41. The topological polar surface area (TPSA) is 30.7 Å². The summed E-state index contributed by atoms with van der Waals surface area (Å²) in [6.45, 7) is 5.99. The highest BCUT2D eigenvalue weighted by Gasteiger charge is 2.25. The molecule has 0 aliphatic rings. The first-order chi connectivity index (χ1) is 8.30. The van der Waals surface area contributed by atoms with Crippen molar-refractivity contribution < 1.29 is 4.39 Å². The fourth-order valence-electron chi connectivity index (χ4n) is 1.62. The van der Waals surface area contributed by atoms with Gasteiger partial charge in [-0.3, -0.25) is 4.57 Å². The molecule has 0 atom stereocenters. The van der Waals surface area contributed by atoms with Crippen molar-refractivity contribution in [2.45, 2.75) is 26.2 Å². The van der Waals surface area contributed by atoms with Crippen molar-refractivity contribution in [2.24, 2.45) is 0 Å². The van der Waals surface area contributed by atoms with Crippen molar-refractivity contribution in [1.29, 1.82) is 0 Å². The lowest BCUT2D eigenvalue weighted by Crippen LogP contribution is -2.18. The number of rotatable bonds is 1. The van der Waals surface area contributed by atoms with Crippen LogP contribution in [0.15, 0.2) is 22.7 Å². The zero-order chi connectivity index (χ0) is 13.5. The summed E-state index contributed by atoms with van der Waals surface area (Å²) >= 11 is 9.44. The molecule has 0 fully saturated rings. The second-order valence-corrected chi connectivity index (χ2v) is 6.17. The van der Waals surface area contributed by atoms with Crippen LogP contribution in [-0.4, -0.2) is 14.8 Å². The molecule has 2 rings (SSSR count). The predicted molar refractivity (Wildman–Crippen MR) is 72.7 cm³/mol. The van der Waals surface area contributed by atoms with Gasteiger partial charge in [-0.05, 0) is 45.7 Å². The molecule has 1 heterocycles. The van der Waals surface area contributed by atoms with E-state index in [1.165, 1.54) is 12.1 Å². The quantitative estimate of drug-likeness (QED) is 0.786. The third kappa shape index (κ3) is 2.42. The van der Waals surface area contributed by atoms with E-state index in [1.807, 2.05) is 20.8 Å². The number of halogens is 3. The molecule has 18 heavy (non-hydrogen) atoms. The van der Waals surface area contributed by atoms with Crippen LogP contribution in [0.3, 0.4) is 0 Å². The molecule has 1 aromatic carbocycles. The van der Waals surface area contributed by atoms with Gasteiger partial charge in [0.05, 0.1) is 5.69 Å². The SMILES string of the molecule is CC(C)(C)c1nnc(Cl)n1-c1cc(F)ccc1Br. The fourth-order valence-corrected chi connectivity index (χ4v) is 2.25. The Hall–Kier alpha value is -0.940. The minimum Gasteiger partial charge on any atom is -0.268 e. The number of aromatic nitrogens is 3. The zero-order valence-corrected chi connectivity index (χ0v) is 12.5. The third-order valence-corrected chi connectivity index (χ3v) is 3.36. The summed E-state index contributed by atoms with van der Waals surface area (Å²) in [4.78, 5) is 0. The Morgan fingerprint density at radius 1 is 1.28 bits per heavy atom. The second-order valence-electron chi connectivity index (χ2n) is 4.97. The Kier molecular flexibility index (Phi) is 3.47. The normalized spacial score (nSPS) is 11.9. The van der Waals surface area contributed by atoms with Gasteiger partial charge in [0.2, 0.25) is 5.28 Å². The van der Waals surface area contributed by atoms with E-state index in [9.17, 15) is 4.39 Å². The van der Waals surface area contributed by atoms with Crippen LogP contribution in [0.2, 0.25) is 5.28 Å². The van der Waals surface area contributed by atoms with E-state index in [-0.39, 0.29) is 16.5 Å². The molecule has 3 nitrogen and oxygen atoms in total. The molecular weight excluding hydrogens is 321 g/mol. The molecule has 0 saturated heterocycles. The zero-order valence-electron chi connectivity index (χ0n) is 10.2. The predicted octanol–water partition coefficient (Wildman–Crippen LogP) is 4.12. The molecule has 0 amide bonds. The van der Waals surface area contributed by atoms with Crippen LogP contribution in [0.4, 0.5) is 4.39 Å². The Morgan fingerprint density at radius 2 is 1.94 bits per heavy atom. The molecule has 0 unspecified atom stereocenters. The van der Waals surface area contributed by atoms with Crippen molar-refractivity contribution in [1.82, 2.24) is 14.8 Å². The molecule has 96 valence electrons. The number of hydrogen-bond acceptors (Lipinski definition) is 2. The lowest BCUT2D eigenvalue weighted by atomic mass is 9.95. The van der Waals surface area contributed by atoms with Gasteiger partial charge >= 0.3 is 0 Å². The smallest absolute Gasteiger partial charge is 0.229 e. The summed E-state index contributed by atoms with van der Waals surface area (Å²) in [5.41, 5.74) is 0.348. The third-order valence-electron chi connectivity index (χ3n) is 2.44. The van der Waals surface area contributed by atoms with Crippen LogP contribution in [0, 0.1) is 5.82 Å². The van der Waals surface area contributed by atoms with Gasteiger partial charge in [0.15, 0.2) is 0 Å². The van der Waals surface area contributed by atoms with Crippen LogP contribution in [0.5, 0.6) is 0 Å². The van der Waals surface area contributed by atoms with E-state index in [1.54, 1.807) is 10.6 Å². The maximum absolute atomic E-state index is 13.4. The van der Waals surface area contributed by atoms with Crippen molar-refractivity contribution in [3.05, 3.63) is 39.6 Å². The van der Waals surface area contributed by atoms with Gasteiger partial charge in [0.25, 0.3) is 0 Å². The van der Waals surface area contributed by atoms with Gasteiger partial charge in [0, 0.05) is 9.89 Å². The highest BCUT2D eigenvalue weighted by molar-refractivity contribution is 9.10. The summed E-state index contributed by atoms with van der Waals surface area (Å²) in [6.07, 6.45) is 0. The average Bonchev–Trinajstić information content (AvgIpc) is 2.63. The van der Waals surface area contributed by atoms with Crippen LogP contribution >= 0.6 is 27.5 Å². The van der Waals surface area contributed by atoms with Crippen molar-refractivity contribution >= 4 is 27.5 Å². The first-order valence-corrected chi connectivity index (χ1v) is 6.54. The molecule has 0 N–H and O–H groups in total. The molecule has 1 aromatic heterocycles. The number of nitrogens with zero attached hydrogens (tertiary/aromatic N) is 3. The molecular formula is C12H12BrClFN3. The highest BCUT2D eigenvalue weighted by atomic mass is 79.9. The van der Waals surface area contributed by atoms with Crippen LogP contribution < -0.4 is 0 Å². The second kappa shape index (κ2) is 4.63. The molecule has 6 heteroatoms. The van der Waals surface area contributed by atoms with Gasteiger partial charge in [0.1, 0.15) is 11.6 Å². The first kappa shape index (κ1) is 13.5.